The first kappa shape index (κ1) is 16.4. The van der Waals surface area contributed by atoms with Gasteiger partial charge in [-0.15, -0.1) is 0 Å². The normalized spacial score (nSPS) is 22.0. The summed E-state index contributed by atoms with van der Waals surface area (Å²) in [6.45, 7) is 8.95. The summed E-state index contributed by atoms with van der Waals surface area (Å²) in [5, 5.41) is 0. The molecule has 122 valence electrons. The molecule has 3 rings (SSSR count). The summed E-state index contributed by atoms with van der Waals surface area (Å²) in [7, 11) is 0. The van der Waals surface area contributed by atoms with Crippen molar-refractivity contribution in [2.75, 3.05) is 45.9 Å². The minimum Gasteiger partial charge on any atom is -0.379 e. The van der Waals surface area contributed by atoms with Crippen molar-refractivity contribution in [2.45, 2.75) is 25.8 Å². The van der Waals surface area contributed by atoms with Gasteiger partial charge in [0.2, 0.25) is 0 Å². The van der Waals surface area contributed by atoms with E-state index in [-0.39, 0.29) is 0 Å². The number of rotatable bonds is 5. The Kier molecular flexibility index (Phi) is 6.30. The van der Waals surface area contributed by atoms with Crippen LogP contribution in [0.25, 0.3) is 0 Å². The van der Waals surface area contributed by atoms with E-state index in [2.05, 4.69) is 50.0 Å². The molecule has 0 aliphatic carbocycles. The van der Waals surface area contributed by atoms with Crippen molar-refractivity contribution in [3.05, 3.63) is 34.3 Å². The van der Waals surface area contributed by atoms with E-state index in [0.717, 1.165) is 38.8 Å². The van der Waals surface area contributed by atoms with Crippen LogP contribution in [-0.2, 0) is 11.3 Å². The van der Waals surface area contributed by atoms with E-state index < -0.39 is 0 Å². The number of morpholine rings is 1. The largest absolute Gasteiger partial charge is 0.379 e. The molecule has 0 atom stereocenters. The zero-order chi connectivity index (χ0) is 15.2. The van der Waals surface area contributed by atoms with Gasteiger partial charge >= 0.3 is 0 Å². The molecule has 4 heteroatoms. The Bertz CT molecular complexity index is 454. The van der Waals surface area contributed by atoms with Crippen molar-refractivity contribution in [3.63, 3.8) is 0 Å². The number of halogens is 1. The highest BCUT2D eigenvalue weighted by molar-refractivity contribution is 9.10. The van der Waals surface area contributed by atoms with Gasteiger partial charge in [-0.2, -0.15) is 0 Å². The number of nitrogens with zero attached hydrogens (tertiary/aromatic N) is 2. The van der Waals surface area contributed by atoms with Crippen LogP contribution in [0.5, 0.6) is 0 Å². The monoisotopic (exact) mass is 366 g/mol. The second-order valence-electron chi connectivity index (χ2n) is 6.59. The van der Waals surface area contributed by atoms with Gasteiger partial charge in [-0.1, -0.05) is 28.1 Å². The molecule has 0 N–H and O–H groups in total. The van der Waals surface area contributed by atoms with Crippen molar-refractivity contribution in [1.82, 2.24) is 9.80 Å². The van der Waals surface area contributed by atoms with Gasteiger partial charge in [-0.3, -0.25) is 9.80 Å². The van der Waals surface area contributed by atoms with Crippen molar-refractivity contribution >= 4 is 15.9 Å². The zero-order valence-corrected chi connectivity index (χ0v) is 14.9. The Balaban J connectivity index is 1.37. The maximum atomic E-state index is 5.42. The van der Waals surface area contributed by atoms with Crippen LogP contribution in [0, 0.1) is 5.92 Å². The fourth-order valence-corrected chi connectivity index (χ4v) is 3.96. The lowest BCUT2D eigenvalue weighted by atomic mass is 9.93. The maximum Gasteiger partial charge on any atom is 0.0594 e. The first-order valence-electron chi connectivity index (χ1n) is 8.56. The third-order valence-electron chi connectivity index (χ3n) is 4.96. The number of piperidine rings is 1. The molecule has 1 aromatic carbocycles. The van der Waals surface area contributed by atoms with Crippen LogP contribution < -0.4 is 0 Å². The Morgan fingerprint density at radius 1 is 1.05 bits per heavy atom. The number of ether oxygens (including phenoxy) is 1. The second kappa shape index (κ2) is 8.44. The summed E-state index contributed by atoms with van der Waals surface area (Å²) in [6.07, 6.45) is 4.08. The standard InChI is InChI=1S/C18H27BrN2O/c19-18-3-1-2-17(14-18)15-21-8-5-16(6-9-21)4-7-20-10-12-22-13-11-20/h1-3,14,16H,4-13,15H2. The molecular formula is C18H27BrN2O. The van der Waals surface area contributed by atoms with E-state index in [4.69, 9.17) is 4.74 Å². The molecule has 2 saturated heterocycles. The molecule has 0 bridgehead atoms. The minimum atomic E-state index is 0.918. The van der Waals surface area contributed by atoms with Crippen molar-refractivity contribution in [3.8, 4) is 0 Å². The van der Waals surface area contributed by atoms with Crippen LogP contribution in [-0.4, -0.2) is 55.7 Å². The first-order chi connectivity index (χ1) is 10.8. The van der Waals surface area contributed by atoms with E-state index in [9.17, 15) is 0 Å². The fourth-order valence-electron chi connectivity index (χ4n) is 3.52. The molecule has 0 aromatic heterocycles. The van der Waals surface area contributed by atoms with Gasteiger partial charge in [0.25, 0.3) is 0 Å². The molecule has 0 unspecified atom stereocenters. The molecule has 2 fully saturated rings. The average molecular weight is 367 g/mol. The summed E-state index contributed by atoms with van der Waals surface area (Å²) >= 11 is 3.56. The SMILES string of the molecule is Brc1cccc(CN2CCC(CCN3CCOCC3)CC2)c1. The molecule has 2 heterocycles. The summed E-state index contributed by atoms with van der Waals surface area (Å²) < 4.78 is 6.60. The highest BCUT2D eigenvalue weighted by atomic mass is 79.9. The van der Waals surface area contributed by atoms with Crippen molar-refractivity contribution in [1.29, 1.82) is 0 Å². The minimum absolute atomic E-state index is 0.918. The Morgan fingerprint density at radius 2 is 1.82 bits per heavy atom. The van der Waals surface area contributed by atoms with E-state index in [1.807, 2.05) is 0 Å². The van der Waals surface area contributed by atoms with Crippen LogP contribution >= 0.6 is 15.9 Å². The lowest BCUT2D eigenvalue weighted by molar-refractivity contribution is 0.0334. The van der Waals surface area contributed by atoms with Gasteiger partial charge in [0.05, 0.1) is 13.2 Å². The van der Waals surface area contributed by atoms with Crippen LogP contribution in [0.3, 0.4) is 0 Å². The van der Waals surface area contributed by atoms with Gasteiger partial charge in [0.15, 0.2) is 0 Å². The zero-order valence-electron chi connectivity index (χ0n) is 13.3. The first-order valence-corrected chi connectivity index (χ1v) is 9.36. The highest BCUT2D eigenvalue weighted by Crippen LogP contribution is 2.23. The molecular weight excluding hydrogens is 340 g/mol. The number of hydrogen-bond acceptors (Lipinski definition) is 3. The summed E-state index contributed by atoms with van der Waals surface area (Å²) in [5.74, 6) is 0.918. The molecule has 0 amide bonds. The van der Waals surface area contributed by atoms with Gasteiger partial charge in [0, 0.05) is 24.1 Å². The number of benzene rings is 1. The summed E-state index contributed by atoms with van der Waals surface area (Å²) in [6, 6.07) is 8.70. The van der Waals surface area contributed by atoms with Crippen molar-refractivity contribution in [2.24, 2.45) is 5.92 Å². The average Bonchev–Trinajstić information content (AvgIpc) is 2.55. The third kappa shape index (κ3) is 5.05. The lowest BCUT2D eigenvalue weighted by Crippen LogP contribution is -2.39. The molecule has 22 heavy (non-hydrogen) atoms. The molecule has 2 aliphatic rings. The molecule has 0 spiro atoms. The van der Waals surface area contributed by atoms with Gasteiger partial charge in [-0.05, 0) is 62.5 Å². The fraction of sp³-hybridized carbons (Fsp3) is 0.667. The molecule has 0 saturated carbocycles. The summed E-state index contributed by atoms with van der Waals surface area (Å²) in [4.78, 5) is 5.17. The second-order valence-corrected chi connectivity index (χ2v) is 7.51. The van der Waals surface area contributed by atoms with Crippen LogP contribution in [0.1, 0.15) is 24.8 Å². The van der Waals surface area contributed by atoms with Gasteiger partial charge < -0.3 is 4.74 Å². The van der Waals surface area contributed by atoms with E-state index in [1.165, 1.54) is 48.9 Å². The topological polar surface area (TPSA) is 15.7 Å². The number of likely N-dealkylation sites (tertiary alicyclic amines) is 1. The molecule has 0 radical (unpaired) electrons. The van der Waals surface area contributed by atoms with Crippen LogP contribution in [0.4, 0.5) is 0 Å². The number of hydrogen-bond donors (Lipinski definition) is 0. The Labute approximate surface area is 142 Å². The van der Waals surface area contributed by atoms with Gasteiger partial charge in [0.1, 0.15) is 0 Å². The maximum absolute atomic E-state index is 5.42. The van der Waals surface area contributed by atoms with Crippen LogP contribution in [0.2, 0.25) is 0 Å². The highest BCUT2D eigenvalue weighted by Gasteiger charge is 2.20. The van der Waals surface area contributed by atoms with Crippen LogP contribution in [0.15, 0.2) is 28.7 Å². The van der Waals surface area contributed by atoms with E-state index in [1.54, 1.807) is 0 Å². The van der Waals surface area contributed by atoms with E-state index in [0.29, 0.717) is 0 Å². The molecule has 2 aliphatic heterocycles. The third-order valence-corrected chi connectivity index (χ3v) is 5.45. The Hall–Kier alpha value is -0.420. The smallest absolute Gasteiger partial charge is 0.0594 e. The van der Waals surface area contributed by atoms with Gasteiger partial charge in [-0.25, -0.2) is 0 Å². The molecule has 1 aromatic rings. The van der Waals surface area contributed by atoms with Crippen molar-refractivity contribution < 1.29 is 4.74 Å². The molecule has 3 nitrogen and oxygen atoms in total. The van der Waals surface area contributed by atoms with E-state index >= 15 is 0 Å². The predicted molar refractivity (Wildman–Crippen MR) is 94.0 cm³/mol. The predicted octanol–water partition coefficient (Wildman–Crippen LogP) is 3.38. The Morgan fingerprint density at radius 3 is 2.55 bits per heavy atom. The quantitative estimate of drug-likeness (QED) is 0.794. The lowest BCUT2D eigenvalue weighted by Gasteiger charge is -2.34. The summed E-state index contributed by atoms with van der Waals surface area (Å²) in [5.41, 5.74) is 1.42.